The fraction of sp³-hybridized carbons (Fsp3) is 0.120. The van der Waals surface area contributed by atoms with Crippen molar-refractivity contribution in [2.75, 3.05) is 18.5 Å². The highest BCUT2D eigenvalue weighted by Crippen LogP contribution is 2.27. The summed E-state index contributed by atoms with van der Waals surface area (Å²) in [6.07, 6.45) is 0. The number of fused-ring (bicyclic) bond motifs is 1. The van der Waals surface area contributed by atoms with E-state index in [2.05, 4.69) is 10.3 Å². The van der Waals surface area contributed by atoms with E-state index in [4.69, 9.17) is 9.47 Å². The van der Waals surface area contributed by atoms with Crippen LogP contribution in [0.25, 0.3) is 22.0 Å². The molecule has 0 bridgehead atoms. The van der Waals surface area contributed by atoms with Crippen LogP contribution < -0.4 is 10.1 Å². The third-order valence-electron chi connectivity index (χ3n) is 4.86. The van der Waals surface area contributed by atoms with Crippen molar-refractivity contribution in [3.63, 3.8) is 0 Å². The number of carbonyl (C=O) groups is 2. The minimum absolute atomic E-state index is 0.210. The van der Waals surface area contributed by atoms with Crippen LogP contribution in [-0.2, 0) is 9.53 Å². The molecule has 0 saturated carbocycles. The fourth-order valence-electron chi connectivity index (χ4n) is 3.35. The van der Waals surface area contributed by atoms with E-state index in [0.717, 1.165) is 11.5 Å². The van der Waals surface area contributed by atoms with Gasteiger partial charge in [-0.05, 0) is 55.0 Å². The number of rotatable bonds is 7. The lowest BCUT2D eigenvalue weighted by molar-refractivity contribution is -0.145. The normalized spacial score (nSPS) is 10.8. The maximum atomic E-state index is 14.1. The Morgan fingerprint density at radius 2 is 1.85 bits per heavy atom. The summed E-state index contributed by atoms with van der Waals surface area (Å²) < 4.78 is 37.6. The van der Waals surface area contributed by atoms with Crippen LogP contribution in [0.4, 0.5) is 14.5 Å². The van der Waals surface area contributed by atoms with Crippen LogP contribution in [-0.4, -0.2) is 30.1 Å². The predicted molar refractivity (Wildman–Crippen MR) is 120 cm³/mol. The van der Waals surface area contributed by atoms with Gasteiger partial charge in [0.15, 0.2) is 6.61 Å². The first-order valence-corrected chi connectivity index (χ1v) is 10.2. The number of H-pyrrole nitrogens is 1. The van der Waals surface area contributed by atoms with Gasteiger partial charge in [0, 0.05) is 34.3 Å². The summed E-state index contributed by atoms with van der Waals surface area (Å²) in [6.45, 7) is 1.78. The number of anilines is 1. The summed E-state index contributed by atoms with van der Waals surface area (Å²) in [6, 6.07) is 16.8. The molecule has 2 N–H and O–H groups in total. The second-order valence-corrected chi connectivity index (χ2v) is 7.18. The van der Waals surface area contributed by atoms with Gasteiger partial charge in [0.05, 0.1) is 6.61 Å². The largest absolute Gasteiger partial charge is 0.482 e. The highest BCUT2D eigenvalue weighted by atomic mass is 19.1. The topological polar surface area (TPSA) is 80.4 Å². The molecule has 0 aliphatic rings. The average Bonchev–Trinajstić information content (AvgIpc) is 3.22. The summed E-state index contributed by atoms with van der Waals surface area (Å²) >= 11 is 0. The van der Waals surface area contributed by atoms with Gasteiger partial charge in [-0.3, -0.25) is 4.79 Å². The van der Waals surface area contributed by atoms with Crippen LogP contribution in [0.2, 0.25) is 0 Å². The first-order valence-electron chi connectivity index (χ1n) is 10.2. The Morgan fingerprint density at radius 3 is 2.64 bits per heavy atom. The van der Waals surface area contributed by atoms with Gasteiger partial charge < -0.3 is 19.8 Å². The van der Waals surface area contributed by atoms with Gasteiger partial charge in [-0.2, -0.15) is 0 Å². The Morgan fingerprint density at radius 1 is 1.00 bits per heavy atom. The van der Waals surface area contributed by atoms with E-state index >= 15 is 0 Å². The zero-order valence-electron chi connectivity index (χ0n) is 17.7. The van der Waals surface area contributed by atoms with E-state index in [1.807, 2.05) is 0 Å². The molecule has 6 nitrogen and oxygen atoms in total. The number of nitrogens with one attached hydrogen (secondary N) is 2. The van der Waals surface area contributed by atoms with E-state index in [1.54, 1.807) is 55.5 Å². The van der Waals surface area contributed by atoms with Crippen molar-refractivity contribution in [1.82, 2.24) is 4.98 Å². The van der Waals surface area contributed by atoms with Crippen molar-refractivity contribution in [1.29, 1.82) is 0 Å². The lowest BCUT2D eigenvalue weighted by atomic mass is 10.0. The Hall–Kier alpha value is -4.20. The van der Waals surface area contributed by atoms with Gasteiger partial charge in [-0.15, -0.1) is 0 Å². The molecule has 0 aliphatic carbocycles. The quantitative estimate of drug-likeness (QED) is 0.374. The summed E-state index contributed by atoms with van der Waals surface area (Å²) in [7, 11) is 0. The summed E-state index contributed by atoms with van der Waals surface area (Å²) in [5.74, 6) is -1.74. The van der Waals surface area contributed by atoms with Gasteiger partial charge in [-0.25, -0.2) is 13.6 Å². The van der Waals surface area contributed by atoms with E-state index in [9.17, 15) is 18.4 Å². The molecule has 0 fully saturated rings. The number of carbonyl (C=O) groups excluding carboxylic acids is 2. The van der Waals surface area contributed by atoms with Gasteiger partial charge in [0.2, 0.25) is 0 Å². The minimum atomic E-state index is -0.685. The molecule has 4 aromatic rings. The van der Waals surface area contributed by atoms with E-state index < -0.39 is 23.5 Å². The Bertz CT molecular complexity index is 1330. The Kier molecular flexibility index (Phi) is 6.35. The molecule has 0 radical (unpaired) electrons. The van der Waals surface area contributed by atoms with E-state index in [0.29, 0.717) is 28.2 Å². The Balaban J connectivity index is 1.49. The molecule has 4 rings (SSSR count). The maximum Gasteiger partial charge on any atom is 0.344 e. The second-order valence-electron chi connectivity index (χ2n) is 7.18. The van der Waals surface area contributed by atoms with Crippen LogP contribution in [0.5, 0.6) is 5.75 Å². The molecule has 0 unspecified atom stereocenters. The van der Waals surface area contributed by atoms with Crippen molar-refractivity contribution in [2.45, 2.75) is 6.92 Å². The lowest BCUT2D eigenvalue weighted by Crippen LogP contribution is -2.14. The van der Waals surface area contributed by atoms with E-state index in [-0.39, 0.29) is 18.8 Å². The molecule has 1 heterocycles. The molecule has 0 saturated heterocycles. The molecular weight excluding hydrogens is 430 g/mol. The van der Waals surface area contributed by atoms with Crippen molar-refractivity contribution >= 4 is 28.5 Å². The number of benzene rings is 3. The van der Waals surface area contributed by atoms with Gasteiger partial charge in [0.25, 0.3) is 5.91 Å². The highest BCUT2D eigenvalue weighted by molar-refractivity contribution is 6.06. The minimum Gasteiger partial charge on any atom is -0.482 e. The first-order chi connectivity index (χ1) is 15.9. The predicted octanol–water partition coefficient (Wildman–Crippen LogP) is 5.31. The van der Waals surface area contributed by atoms with Crippen molar-refractivity contribution in [3.05, 3.63) is 84.1 Å². The first kappa shape index (κ1) is 22.0. The number of aromatic amines is 1. The van der Waals surface area contributed by atoms with Gasteiger partial charge in [-0.1, -0.05) is 12.1 Å². The molecule has 1 aromatic heterocycles. The van der Waals surface area contributed by atoms with Crippen molar-refractivity contribution in [3.8, 4) is 16.9 Å². The SMILES string of the molecule is CCOC(=O)COc1ccc2cc(C(=O)Nc3cccc(-c4ccc(F)cc4F)c3)[nH]c2c1. The number of hydrogen-bond donors (Lipinski definition) is 2. The smallest absolute Gasteiger partial charge is 0.344 e. The van der Waals surface area contributed by atoms with Gasteiger partial charge >= 0.3 is 5.97 Å². The zero-order valence-corrected chi connectivity index (χ0v) is 17.7. The third kappa shape index (κ3) is 5.17. The molecule has 1 amide bonds. The molecule has 0 aliphatic heterocycles. The fourth-order valence-corrected chi connectivity index (χ4v) is 3.35. The van der Waals surface area contributed by atoms with Crippen LogP contribution in [0.1, 0.15) is 17.4 Å². The monoisotopic (exact) mass is 450 g/mol. The molecular formula is C25H20F2N2O4. The van der Waals surface area contributed by atoms with Crippen LogP contribution in [0, 0.1) is 11.6 Å². The number of halogens is 2. The average molecular weight is 450 g/mol. The Labute approximate surface area is 188 Å². The van der Waals surface area contributed by atoms with Crippen molar-refractivity contribution in [2.24, 2.45) is 0 Å². The number of amides is 1. The molecule has 0 spiro atoms. The van der Waals surface area contributed by atoms with Crippen LogP contribution in [0.3, 0.4) is 0 Å². The number of aromatic nitrogens is 1. The molecule has 168 valence electrons. The van der Waals surface area contributed by atoms with Gasteiger partial charge in [0.1, 0.15) is 23.1 Å². The number of hydrogen-bond acceptors (Lipinski definition) is 4. The molecule has 3 aromatic carbocycles. The zero-order chi connectivity index (χ0) is 23.4. The number of esters is 1. The number of ether oxygens (including phenoxy) is 2. The highest BCUT2D eigenvalue weighted by Gasteiger charge is 2.13. The van der Waals surface area contributed by atoms with Crippen LogP contribution >= 0.6 is 0 Å². The molecule has 8 heteroatoms. The standard InChI is InChI=1S/C25H20F2N2O4/c1-2-32-24(30)14-33-19-8-6-16-11-23(29-22(16)13-19)25(31)28-18-5-3-4-15(10-18)20-9-7-17(26)12-21(20)27/h3-13,29H,2,14H2,1H3,(H,28,31). The second kappa shape index (κ2) is 9.52. The molecule has 0 atom stereocenters. The molecule has 33 heavy (non-hydrogen) atoms. The lowest BCUT2D eigenvalue weighted by Gasteiger charge is -2.08. The summed E-state index contributed by atoms with van der Waals surface area (Å²) in [5.41, 5.74) is 2.16. The summed E-state index contributed by atoms with van der Waals surface area (Å²) in [4.78, 5) is 27.2. The third-order valence-corrected chi connectivity index (χ3v) is 4.86. The summed E-state index contributed by atoms with van der Waals surface area (Å²) in [5, 5.41) is 3.55. The maximum absolute atomic E-state index is 14.1. The van der Waals surface area contributed by atoms with Crippen molar-refractivity contribution < 1.29 is 27.8 Å². The van der Waals surface area contributed by atoms with E-state index in [1.165, 1.54) is 12.1 Å². The van der Waals surface area contributed by atoms with Crippen LogP contribution in [0.15, 0.2) is 66.7 Å².